The number of para-hydroxylation sites is 1. The zero-order valence-electron chi connectivity index (χ0n) is 13.3. The highest BCUT2D eigenvalue weighted by molar-refractivity contribution is 5.90. The van der Waals surface area contributed by atoms with Crippen LogP contribution in [0.4, 0.5) is 0 Å². The lowest BCUT2D eigenvalue weighted by atomic mass is 10.1. The van der Waals surface area contributed by atoms with Gasteiger partial charge in [0, 0.05) is 6.42 Å². The van der Waals surface area contributed by atoms with Gasteiger partial charge in [-0.3, -0.25) is 9.59 Å². The smallest absolute Gasteiger partial charge is 0.243 e. The van der Waals surface area contributed by atoms with Gasteiger partial charge in [0.05, 0.1) is 6.04 Å². The summed E-state index contributed by atoms with van der Waals surface area (Å²) in [6.07, 6.45) is 0.931. The molecule has 1 fully saturated rings. The largest absolute Gasteiger partial charge is 0.491 e. The summed E-state index contributed by atoms with van der Waals surface area (Å²) in [6, 6.07) is 18.4. The molecule has 5 heteroatoms. The molecular formula is C19H20N2O3. The Hall–Kier alpha value is -2.82. The number of nitrogens with one attached hydrogen (secondary N) is 2. The first-order valence-electron chi connectivity index (χ1n) is 8.05. The maximum atomic E-state index is 12.4. The molecule has 0 bridgehead atoms. The Morgan fingerprint density at radius 1 is 1.12 bits per heavy atom. The molecule has 2 aromatic carbocycles. The number of amides is 2. The maximum Gasteiger partial charge on any atom is 0.243 e. The molecule has 2 N–H and O–H groups in total. The molecule has 124 valence electrons. The van der Waals surface area contributed by atoms with Gasteiger partial charge in [-0.15, -0.1) is 0 Å². The van der Waals surface area contributed by atoms with Gasteiger partial charge in [0.25, 0.3) is 0 Å². The van der Waals surface area contributed by atoms with Crippen molar-refractivity contribution in [2.75, 3.05) is 6.61 Å². The number of carbonyl (C=O) groups is 2. The molecule has 2 aromatic rings. The minimum atomic E-state index is -0.458. The Morgan fingerprint density at radius 2 is 1.79 bits per heavy atom. The van der Waals surface area contributed by atoms with E-state index < -0.39 is 6.04 Å². The lowest BCUT2D eigenvalue weighted by Gasteiger charge is -2.21. The van der Waals surface area contributed by atoms with E-state index in [9.17, 15) is 9.59 Å². The summed E-state index contributed by atoms with van der Waals surface area (Å²) in [5.41, 5.74) is 0.964. The molecule has 1 saturated heterocycles. The first-order chi connectivity index (χ1) is 11.7. The molecule has 5 nitrogen and oxygen atoms in total. The van der Waals surface area contributed by atoms with Gasteiger partial charge in [-0.25, -0.2) is 0 Å². The average molecular weight is 324 g/mol. The van der Waals surface area contributed by atoms with Crippen LogP contribution < -0.4 is 15.4 Å². The van der Waals surface area contributed by atoms with Gasteiger partial charge in [0.1, 0.15) is 18.4 Å². The van der Waals surface area contributed by atoms with Crippen LogP contribution in [0.5, 0.6) is 5.75 Å². The first-order valence-corrected chi connectivity index (χ1v) is 8.05. The predicted octanol–water partition coefficient (Wildman–Crippen LogP) is 2.20. The van der Waals surface area contributed by atoms with Gasteiger partial charge < -0.3 is 15.4 Å². The number of carbonyl (C=O) groups excluding carboxylic acids is 2. The highest BCUT2D eigenvalue weighted by Crippen LogP contribution is 2.17. The molecule has 0 unspecified atom stereocenters. The van der Waals surface area contributed by atoms with Crippen LogP contribution in [0.1, 0.15) is 24.4 Å². The van der Waals surface area contributed by atoms with E-state index in [0.717, 1.165) is 11.3 Å². The molecule has 1 heterocycles. The minimum absolute atomic E-state index is 0.0769. The van der Waals surface area contributed by atoms with Gasteiger partial charge in [-0.1, -0.05) is 48.5 Å². The molecule has 2 amide bonds. The third-order valence-corrected chi connectivity index (χ3v) is 3.99. The van der Waals surface area contributed by atoms with Gasteiger partial charge in [-0.05, 0) is 24.1 Å². The maximum absolute atomic E-state index is 12.4. The lowest BCUT2D eigenvalue weighted by molar-refractivity contribution is -0.126. The minimum Gasteiger partial charge on any atom is -0.491 e. The summed E-state index contributed by atoms with van der Waals surface area (Å²) in [7, 11) is 0. The molecule has 1 aliphatic rings. The molecule has 3 rings (SSSR count). The number of rotatable bonds is 6. The molecule has 0 spiro atoms. The quantitative estimate of drug-likeness (QED) is 0.856. The Kier molecular flexibility index (Phi) is 5.11. The fraction of sp³-hybridized carbons (Fsp3) is 0.263. The summed E-state index contributed by atoms with van der Waals surface area (Å²) in [6.45, 7) is 0.320. The Morgan fingerprint density at radius 3 is 2.42 bits per heavy atom. The van der Waals surface area contributed by atoms with Crippen molar-refractivity contribution < 1.29 is 14.3 Å². The average Bonchev–Trinajstić information content (AvgIpc) is 3.06. The van der Waals surface area contributed by atoms with Crippen LogP contribution in [0.25, 0.3) is 0 Å². The van der Waals surface area contributed by atoms with Crippen LogP contribution in [0.3, 0.4) is 0 Å². The monoisotopic (exact) mass is 324 g/mol. The van der Waals surface area contributed by atoms with Crippen LogP contribution in [0.2, 0.25) is 0 Å². The molecule has 0 aliphatic carbocycles. The van der Waals surface area contributed by atoms with Crippen molar-refractivity contribution in [2.24, 2.45) is 0 Å². The van der Waals surface area contributed by atoms with E-state index in [1.807, 2.05) is 60.7 Å². The number of ether oxygens (including phenoxy) is 1. The second kappa shape index (κ2) is 7.64. The first kappa shape index (κ1) is 16.1. The van der Waals surface area contributed by atoms with Gasteiger partial charge in [-0.2, -0.15) is 0 Å². The fourth-order valence-corrected chi connectivity index (χ4v) is 2.69. The summed E-state index contributed by atoms with van der Waals surface area (Å²) in [5, 5.41) is 5.68. The van der Waals surface area contributed by atoms with Crippen LogP contribution in [0.15, 0.2) is 60.7 Å². The van der Waals surface area contributed by atoms with Crippen molar-refractivity contribution in [1.82, 2.24) is 10.6 Å². The standard InChI is InChI=1S/C19H20N2O3/c22-18-12-11-16(20-18)19(23)21-17(14-7-3-1-4-8-14)13-24-15-9-5-2-6-10-15/h1-10,16-17H,11-13H2,(H,20,22)(H,21,23)/t16-,17-/m0/s1. The van der Waals surface area contributed by atoms with Crippen LogP contribution >= 0.6 is 0 Å². The van der Waals surface area contributed by atoms with Gasteiger partial charge in [0.2, 0.25) is 11.8 Å². The van der Waals surface area contributed by atoms with Gasteiger partial charge >= 0.3 is 0 Å². The molecule has 0 radical (unpaired) electrons. The van der Waals surface area contributed by atoms with Crippen LogP contribution in [0, 0.1) is 0 Å². The number of hydrogen-bond donors (Lipinski definition) is 2. The number of hydrogen-bond acceptors (Lipinski definition) is 3. The highest BCUT2D eigenvalue weighted by Gasteiger charge is 2.29. The summed E-state index contributed by atoms with van der Waals surface area (Å²) < 4.78 is 5.81. The summed E-state index contributed by atoms with van der Waals surface area (Å²) in [5.74, 6) is 0.500. The van der Waals surface area contributed by atoms with Crippen molar-refractivity contribution in [1.29, 1.82) is 0 Å². The molecule has 0 aromatic heterocycles. The van der Waals surface area contributed by atoms with E-state index in [0.29, 0.717) is 19.4 Å². The summed E-state index contributed by atoms with van der Waals surface area (Å²) >= 11 is 0. The van der Waals surface area contributed by atoms with Crippen molar-refractivity contribution in [3.05, 3.63) is 66.2 Å². The van der Waals surface area contributed by atoms with Crippen LogP contribution in [-0.4, -0.2) is 24.5 Å². The third-order valence-electron chi connectivity index (χ3n) is 3.99. The molecule has 0 saturated carbocycles. The van der Waals surface area contributed by atoms with Crippen molar-refractivity contribution in [3.8, 4) is 5.75 Å². The number of benzene rings is 2. The zero-order valence-corrected chi connectivity index (χ0v) is 13.3. The Balaban J connectivity index is 1.68. The SMILES string of the molecule is O=C1CC[C@@H](C(=O)N[C@@H](COc2ccccc2)c2ccccc2)N1. The van der Waals surface area contributed by atoms with E-state index in [-0.39, 0.29) is 17.9 Å². The highest BCUT2D eigenvalue weighted by atomic mass is 16.5. The van der Waals surface area contributed by atoms with Gasteiger partial charge in [0.15, 0.2) is 0 Å². The Bertz CT molecular complexity index is 688. The second-order valence-electron chi connectivity index (χ2n) is 5.75. The molecule has 1 aliphatic heterocycles. The topological polar surface area (TPSA) is 67.4 Å². The van der Waals surface area contributed by atoms with E-state index in [1.54, 1.807) is 0 Å². The van der Waals surface area contributed by atoms with E-state index >= 15 is 0 Å². The molecular weight excluding hydrogens is 304 g/mol. The van der Waals surface area contributed by atoms with Crippen LogP contribution in [-0.2, 0) is 9.59 Å². The third kappa shape index (κ3) is 4.13. The molecule has 24 heavy (non-hydrogen) atoms. The zero-order chi connectivity index (χ0) is 16.8. The van der Waals surface area contributed by atoms with Crippen molar-refractivity contribution in [3.63, 3.8) is 0 Å². The molecule has 2 atom stereocenters. The predicted molar refractivity (Wildman–Crippen MR) is 90.4 cm³/mol. The lowest BCUT2D eigenvalue weighted by Crippen LogP contribution is -2.44. The second-order valence-corrected chi connectivity index (χ2v) is 5.75. The van der Waals surface area contributed by atoms with E-state index in [4.69, 9.17) is 4.74 Å². The van der Waals surface area contributed by atoms with E-state index in [1.165, 1.54) is 0 Å². The van der Waals surface area contributed by atoms with E-state index in [2.05, 4.69) is 10.6 Å². The normalized spacial score (nSPS) is 17.8. The van der Waals surface area contributed by atoms with Crippen molar-refractivity contribution in [2.45, 2.75) is 24.9 Å². The summed E-state index contributed by atoms with van der Waals surface area (Å²) in [4.78, 5) is 23.7. The Labute approximate surface area is 141 Å². The van der Waals surface area contributed by atoms with Crippen molar-refractivity contribution >= 4 is 11.8 Å². The fourth-order valence-electron chi connectivity index (χ4n) is 2.69.